The molecule has 0 aromatic heterocycles. The Morgan fingerprint density at radius 2 is 2.22 bits per heavy atom. The first-order valence-electron chi connectivity index (χ1n) is 5.26. The van der Waals surface area contributed by atoms with Crippen molar-refractivity contribution in [3.63, 3.8) is 0 Å². The third-order valence-electron chi connectivity index (χ3n) is 2.26. The number of nitrogens with zero attached hydrogens (tertiary/aromatic N) is 2. The van der Waals surface area contributed by atoms with Gasteiger partial charge in [0.15, 0.2) is 0 Å². The monoisotopic (exact) mass is 281 g/mol. The molecule has 0 spiro atoms. The first-order valence-corrected chi connectivity index (χ1v) is 7.47. The molecule has 0 atom stereocenters. The molecule has 5 nitrogen and oxygen atoms in total. The summed E-state index contributed by atoms with van der Waals surface area (Å²) in [5.41, 5.74) is 1.01. The fraction of sp³-hybridized carbons (Fsp3) is 0.273. The molecule has 0 radical (unpaired) electrons. The standard InChI is InChI=1S/C11H11N3O2S2/c1-2-3-4-8-12-18(15,16)10-7-5-6-9-11(10)14-17-13-9/h5-7,12H,4,8H2,1H3. The van der Waals surface area contributed by atoms with Crippen LogP contribution in [-0.2, 0) is 21.4 Å². The van der Waals surface area contributed by atoms with Crippen LogP contribution in [0.2, 0.25) is 0 Å². The zero-order valence-corrected chi connectivity index (χ0v) is 11.3. The molecule has 0 bridgehead atoms. The van der Waals surface area contributed by atoms with E-state index in [-0.39, 0.29) is 11.4 Å². The smallest absolute Gasteiger partial charge is 0.210 e. The Morgan fingerprint density at radius 1 is 1.39 bits per heavy atom. The highest BCUT2D eigenvalue weighted by Gasteiger charge is 2.21. The highest BCUT2D eigenvalue weighted by molar-refractivity contribution is 7.89. The normalized spacial score (nSPS) is 12.5. The molecule has 1 aromatic rings. The topological polar surface area (TPSA) is 70.9 Å². The molecular formula is C11H11N3O2S2. The lowest BCUT2D eigenvalue weighted by atomic mass is 10.3. The van der Waals surface area contributed by atoms with Crippen LogP contribution in [-0.4, -0.2) is 15.0 Å². The number of hydrogen-bond acceptors (Lipinski definition) is 4. The molecule has 94 valence electrons. The molecule has 1 aromatic carbocycles. The molecule has 0 unspecified atom stereocenters. The molecule has 18 heavy (non-hydrogen) atoms. The fourth-order valence-corrected chi connectivity index (χ4v) is 3.25. The number of nitrogens with one attached hydrogen (secondary N) is 1. The number of rotatable bonds is 4. The van der Waals surface area contributed by atoms with E-state index in [0.29, 0.717) is 17.8 Å². The third-order valence-corrected chi connectivity index (χ3v) is 4.29. The molecule has 0 saturated heterocycles. The van der Waals surface area contributed by atoms with Crippen molar-refractivity contribution in [1.82, 2.24) is 4.72 Å². The van der Waals surface area contributed by atoms with Crippen molar-refractivity contribution in [2.24, 2.45) is 8.73 Å². The summed E-state index contributed by atoms with van der Waals surface area (Å²) < 4.78 is 34.7. The average Bonchev–Trinajstić information content (AvgIpc) is 2.82. The van der Waals surface area contributed by atoms with Gasteiger partial charge in [0.25, 0.3) is 0 Å². The predicted molar refractivity (Wildman–Crippen MR) is 71.2 cm³/mol. The van der Waals surface area contributed by atoms with Gasteiger partial charge in [0, 0.05) is 13.0 Å². The van der Waals surface area contributed by atoms with Crippen LogP contribution >= 0.6 is 0 Å². The molecule has 2 rings (SSSR count). The minimum Gasteiger partial charge on any atom is -0.210 e. The van der Waals surface area contributed by atoms with E-state index in [4.69, 9.17) is 0 Å². The second-order valence-corrected chi connectivity index (χ2v) is 5.73. The van der Waals surface area contributed by atoms with Gasteiger partial charge in [0.05, 0.1) is 11.4 Å². The van der Waals surface area contributed by atoms with Gasteiger partial charge in [-0.15, -0.1) is 11.8 Å². The van der Waals surface area contributed by atoms with Crippen molar-refractivity contribution >= 4 is 32.8 Å². The average molecular weight is 281 g/mol. The Kier molecular flexibility index (Phi) is 3.91. The summed E-state index contributed by atoms with van der Waals surface area (Å²) in [4.78, 5) is 0.165. The van der Waals surface area contributed by atoms with Crippen LogP contribution in [0, 0.1) is 11.8 Å². The molecule has 7 heteroatoms. The minimum absolute atomic E-state index is 0.165. The summed E-state index contributed by atoms with van der Waals surface area (Å²) in [6.45, 7) is 2.01. The van der Waals surface area contributed by atoms with Gasteiger partial charge in [-0.2, -0.15) is 8.73 Å². The van der Waals surface area contributed by atoms with Crippen LogP contribution in [0.25, 0.3) is 0 Å². The van der Waals surface area contributed by atoms with Crippen molar-refractivity contribution in [1.29, 1.82) is 0 Å². The Hall–Kier alpha value is -1.49. The van der Waals surface area contributed by atoms with Gasteiger partial charge in [0.1, 0.15) is 16.3 Å². The quantitative estimate of drug-likeness (QED) is 0.688. The zero-order valence-electron chi connectivity index (χ0n) is 9.67. The summed E-state index contributed by atoms with van der Waals surface area (Å²) in [5, 5.41) is 0. The summed E-state index contributed by atoms with van der Waals surface area (Å²) >= 11 is 1.00. The molecule has 0 aliphatic carbocycles. The van der Waals surface area contributed by atoms with Crippen LogP contribution in [0.1, 0.15) is 13.3 Å². The van der Waals surface area contributed by atoms with Crippen molar-refractivity contribution < 1.29 is 8.42 Å². The van der Waals surface area contributed by atoms with Crippen molar-refractivity contribution in [2.75, 3.05) is 6.54 Å². The second-order valence-electron chi connectivity index (χ2n) is 3.46. The summed E-state index contributed by atoms with van der Waals surface area (Å²) in [6, 6.07) is 4.92. The number of benzene rings is 1. The largest absolute Gasteiger partial charge is 0.242 e. The van der Waals surface area contributed by atoms with Gasteiger partial charge < -0.3 is 0 Å². The number of fused-ring (bicyclic) bond motifs is 1. The zero-order chi connectivity index (χ0) is 13.0. The Labute approximate surface area is 110 Å². The molecule has 1 heterocycles. The lowest BCUT2D eigenvalue weighted by molar-refractivity contribution is 0.583. The van der Waals surface area contributed by atoms with Crippen LogP contribution in [0.15, 0.2) is 31.8 Å². The van der Waals surface area contributed by atoms with Gasteiger partial charge >= 0.3 is 0 Å². The van der Waals surface area contributed by atoms with E-state index in [1.807, 2.05) is 0 Å². The fourth-order valence-electron chi connectivity index (χ4n) is 1.45. The van der Waals surface area contributed by atoms with Crippen LogP contribution in [0.3, 0.4) is 0 Å². The van der Waals surface area contributed by atoms with Gasteiger partial charge in [-0.1, -0.05) is 6.07 Å². The van der Waals surface area contributed by atoms with Gasteiger partial charge in [0.2, 0.25) is 10.0 Å². The maximum Gasteiger partial charge on any atom is 0.242 e. The summed E-state index contributed by atoms with van der Waals surface area (Å²) in [7, 11) is -3.55. The number of sulfonamides is 1. The van der Waals surface area contributed by atoms with Gasteiger partial charge in [-0.05, 0) is 19.1 Å². The van der Waals surface area contributed by atoms with Gasteiger partial charge in [-0.3, -0.25) is 0 Å². The van der Waals surface area contributed by atoms with Crippen LogP contribution in [0.4, 0.5) is 11.4 Å². The lowest BCUT2D eigenvalue weighted by Crippen LogP contribution is -2.24. The van der Waals surface area contributed by atoms with E-state index >= 15 is 0 Å². The van der Waals surface area contributed by atoms with Crippen LogP contribution < -0.4 is 4.72 Å². The Bertz CT molecular complexity index is 693. The summed E-state index contributed by atoms with van der Waals surface area (Å²) in [5.74, 6) is 5.52. The molecule has 1 N–H and O–H groups in total. The molecule has 0 amide bonds. The van der Waals surface area contributed by atoms with E-state index in [0.717, 1.165) is 11.4 Å². The third kappa shape index (κ3) is 2.67. The Morgan fingerprint density at radius 3 is 3.00 bits per heavy atom. The highest BCUT2D eigenvalue weighted by Crippen LogP contribution is 2.37. The van der Waals surface area contributed by atoms with Gasteiger partial charge in [-0.25, -0.2) is 13.1 Å². The molecule has 0 fully saturated rings. The van der Waals surface area contributed by atoms with Crippen molar-refractivity contribution in [3.8, 4) is 11.8 Å². The van der Waals surface area contributed by atoms with E-state index in [9.17, 15) is 8.42 Å². The van der Waals surface area contributed by atoms with Crippen LogP contribution in [0.5, 0.6) is 0 Å². The maximum atomic E-state index is 12.1. The van der Waals surface area contributed by atoms with E-state index < -0.39 is 10.0 Å². The van der Waals surface area contributed by atoms with E-state index in [1.54, 1.807) is 19.1 Å². The maximum absolute atomic E-state index is 12.1. The SMILES string of the molecule is CC#CCCNS(=O)(=O)c1cccc2c1N=S=N2. The first-order chi connectivity index (χ1) is 8.65. The second kappa shape index (κ2) is 5.44. The van der Waals surface area contributed by atoms with Crippen molar-refractivity contribution in [3.05, 3.63) is 18.2 Å². The summed E-state index contributed by atoms with van der Waals surface area (Å²) in [6.07, 6.45) is 0.487. The molecule has 1 aliphatic heterocycles. The molecule has 0 saturated carbocycles. The lowest BCUT2D eigenvalue weighted by Gasteiger charge is -2.07. The van der Waals surface area contributed by atoms with Crippen molar-refractivity contribution in [2.45, 2.75) is 18.2 Å². The highest BCUT2D eigenvalue weighted by atomic mass is 32.2. The Balaban J connectivity index is 2.23. The minimum atomic E-state index is -3.55. The molecule has 1 aliphatic rings. The first kappa shape index (κ1) is 13.0. The molecular weight excluding hydrogens is 270 g/mol. The number of hydrogen-bond donors (Lipinski definition) is 1. The predicted octanol–water partition coefficient (Wildman–Crippen LogP) is 2.10. The van der Waals surface area contributed by atoms with E-state index in [1.165, 1.54) is 6.07 Å². The van der Waals surface area contributed by atoms with E-state index in [2.05, 4.69) is 25.3 Å².